The van der Waals surface area contributed by atoms with Gasteiger partial charge >= 0.3 is 5.97 Å². The minimum Gasteiger partial charge on any atom is -0.476 e. The third kappa shape index (κ3) is 7.28. The van der Waals surface area contributed by atoms with Crippen molar-refractivity contribution in [2.75, 3.05) is 45.2 Å². The van der Waals surface area contributed by atoms with Gasteiger partial charge in [0.05, 0.1) is 22.4 Å². The second kappa shape index (κ2) is 12.3. The molecule has 0 saturated carbocycles. The Balaban J connectivity index is 1.53. The molecule has 1 saturated heterocycles. The molecule has 0 amide bonds. The topological polar surface area (TPSA) is 89.8 Å². The molecule has 3 aromatic rings. The van der Waals surface area contributed by atoms with Gasteiger partial charge in [0.25, 0.3) is 5.56 Å². The number of pyridine rings is 1. The standard InChI is InChI=1S/C29H38ClN5O4/c1-18-9-19(2)15-35(14-18)29-31-13-23(30)24(32-29)11-21-7-8-25-22(10-21)12-26(28(37)34(25)6)38-17-27(36)39-20(3)16-33(4)5/h7-8,10,12-13,18-20H,9,11,14-17H2,1-6H3/t18-,19+,20?. The molecule has 0 spiro atoms. The van der Waals surface area contributed by atoms with E-state index in [2.05, 4.69) is 23.7 Å². The van der Waals surface area contributed by atoms with Gasteiger partial charge in [0.2, 0.25) is 5.95 Å². The normalized spacial score (nSPS) is 18.4. The minimum atomic E-state index is -0.521. The number of piperidine rings is 1. The molecule has 1 aromatic carbocycles. The van der Waals surface area contributed by atoms with Gasteiger partial charge in [-0.15, -0.1) is 0 Å². The second-order valence-corrected chi connectivity index (χ2v) is 11.5. The molecular formula is C29H38ClN5O4. The SMILES string of the molecule is CC(CN(C)C)OC(=O)COc1cc2cc(Cc3nc(N4C[C@H](C)C[C@H](C)C4)ncc3Cl)ccc2n(C)c1=O. The van der Waals surface area contributed by atoms with Crippen molar-refractivity contribution in [1.82, 2.24) is 19.4 Å². The quantitative estimate of drug-likeness (QED) is 0.367. The molecule has 9 nitrogen and oxygen atoms in total. The van der Waals surface area contributed by atoms with E-state index in [9.17, 15) is 9.59 Å². The molecule has 1 aliphatic rings. The zero-order valence-electron chi connectivity index (χ0n) is 23.6. The van der Waals surface area contributed by atoms with Crippen LogP contribution in [0.25, 0.3) is 10.9 Å². The van der Waals surface area contributed by atoms with Gasteiger partial charge in [-0.25, -0.2) is 14.8 Å². The fourth-order valence-corrected chi connectivity index (χ4v) is 5.51. The van der Waals surface area contributed by atoms with Crippen LogP contribution in [-0.2, 0) is 23.0 Å². The third-order valence-corrected chi connectivity index (χ3v) is 7.20. The van der Waals surface area contributed by atoms with E-state index < -0.39 is 5.97 Å². The molecule has 0 aliphatic carbocycles. The summed E-state index contributed by atoms with van der Waals surface area (Å²) in [5.74, 6) is 1.45. The number of likely N-dealkylation sites (N-methyl/N-ethyl adjacent to an activating group) is 1. The first-order chi connectivity index (χ1) is 18.5. The first kappa shape index (κ1) is 28.8. The number of nitrogens with zero attached hydrogens (tertiary/aromatic N) is 5. The fourth-order valence-electron chi connectivity index (χ4n) is 5.35. The molecule has 39 heavy (non-hydrogen) atoms. The monoisotopic (exact) mass is 555 g/mol. The summed E-state index contributed by atoms with van der Waals surface area (Å²) in [6.45, 7) is 8.45. The Bertz CT molecular complexity index is 1380. The van der Waals surface area contributed by atoms with Crippen molar-refractivity contribution in [2.24, 2.45) is 18.9 Å². The number of aryl methyl sites for hydroxylation is 1. The van der Waals surface area contributed by atoms with Crippen molar-refractivity contribution in [3.63, 3.8) is 0 Å². The fraction of sp³-hybridized carbons (Fsp3) is 0.517. The van der Waals surface area contributed by atoms with Gasteiger partial charge < -0.3 is 23.8 Å². The average Bonchev–Trinajstić information content (AvgIpc) is 2.85. The summed E-state index contributed by atoms with van der Waals surface area (Å²) in [4.78, 5) is 38.6. The highest BCUT2D eigenvalue weighted by Gasteiger charge is 2.24. The number of hydrogen-bond donors (Lipinski definition) is 0. The summed E-state index contributed by atoms with van der Waals surface area (Å²) in [5.41, 5.74) is 2.17. The number of carbonyl (C=O) groups is 1. The molecule has 0 radical (unpaired) electrons. The van der Waals surface area contributed by atoms with Crippen LogP contribution in [-0.4, -0.2) is 71.8 Å². The van der Waals surface area contributed by atoms with E-state index in [4.69, 9.17) is 26.1 Å². The van der Waals surface area contributed by atoms with Gasteiger partial charge in [-0.05, 0) is 63.0 Å². The van der Waals surface area contributed by atoms with Crippen LogP contribution in [0.5, 0.6) is 5.75 Å². The highest BCUT2D eigenvalue weighted by atomic mass is 35.5. The van der Waals surface area contributed by atoms with Crippen LogP contribution in [0.4, 0.5) is 5.95 Å². The maximum absolute atomic E-state index is 12.9. The molecule has 3 atom stereocenters. The van der Waals surface area contributed by atoms with E-state index in [-0.39, 0.29) is 24.0 Å². The zero-order valence-corrected chi connectivity index (χ0v) is 24.4. The number of fused-ring (bicyclic) bond motifs is 1. The van der Waals surface area contributed by atoms with E-state index >= 15 is 0 Å². The number of ether oxygens (including phenoxy) is 2. The van der Waals surface area contributed by atoms with Crippen molar-refractivity contribution < 1.29 is 14.3 Å². The van der Waals surface area contributed by atoms with E-state index in [0.717, 1.165) is 35.2 Å². The first-order valence-corrected chi connectivity index (χ1v) is 13.7. The van der Waals surface area contributed by atoms with E-state index in [0.29, 0.717) is 35.8 Å². The van der Waals surface area contributed by atoms with Gasteiger partial charge in [0, 0.05) is 38.5 Å². The maximum atomic E-state index is 12.9. The Morgan fingerprint density at radius 3 is 2.62 bits per heavy atom. The van der Waals surface area contributed by atoms with Crippen LogP contribution in [0, 0.1) is 11.8 Å². The van der Waals surface area contributed by atoms with Crippen LogP contribution in [0.1, 0.15) is 38.4 Å². The average molecular weight is 556 g/mol. The Labute approximate surface area is 234 Å². The van der Waals surface area contributed by atoms with Crippen molar-refractivity contribution >= 4 is 34.4 Å². The number of aromatic nitrogens is 3. The lowest BCUT2D eigenvalue weighted by Crippen LogP contribution is -2.39. The van der Waals surface area contributed by atoms with Gasteiger partial charge in [0.1, 0.15) is 6.10 Å². The van der Waals surface area contributed by atoms with Crippen LogP contribution in [0.3, 0.4) is 0 Å². The maximum Gasteiger partial charge on any atom is 0.344 e. The van der Waals surface area contributed by atoms with Gasteiger partial charge in [-0.3, -0.25) is 4.79 Å². The molecule has 2 aromatic heterocycles. The highest BCUT2D eigenvalue weighted by molar-refractivity contribution is 6.31. The van der Waals surface area contributed by atoms with Crippen molar-refractivity contribution in [3.8, 4) is 5.75 Å². The third-order valence-electron chi connectivity index (χ3n) is 6.88. The van der Waals surface area contributed by atoms with E-state index in [1.54, 1.807) is 19.3 Å². The van der Waals surface area contributed by atoms with Gasteiger partial charge in [-0.2, -0.15) is 0 Å². The highest BCUT2D eigenvalue weighted by Crippen LogP contribution is 2.27. The lowest BCUT2D eigenvalue weighted by molar-refractivity contribution is -0.151. The Kier molecular flexibility index (Phi) is 9.12. The Morgan fingerprint density at radius 1 is 1.21 bits per heavy atom. The number of anilines is 1. The minimum absolute atomic E-state index is 0.0926. The van der Waals surface area contributed by atoms with Crippen LogP contribution >= 0.6 is 11.6 Å². The number of carbonyl (C=O) groups excluding carboxylic acids is 1. The van der Waals surface area contributed by atoms with Crippen LogP contribution in [0.2, 0.25) is 5.02 Å². The molecule has 3 heterocycles. The number of halogens is 1. The van der Waals surface area contributed by atoms with E-state index in [1.165, 1.54) is 11.0 Å². The Hall–Kier alpha value is -3.17. The smallest absolute Gasteiger partial charge is 0.344 e. The summed E-state index contributed by atoms with van der Waals surface area (Å²) >= 11 is 6.51. The van der Waals surface area contributed by atoms with Crippen molar-refractivity contribution in [1.29, 1.82) is 0 Å². The molecular weight excluding hydrogens is 518 g/mol. The van der Waals surface area contributed by atoms with Gasteiger partial charge in [-0.1, -0.05) is 31.5 Å². The molecule has 210 valence electrons. The predicted molar refractivity (Wildman–Crippen MR) is 154 cm³/mol. The van der Waals surface area contributed by atoms with E-state index in [1.807, 2.05) is 44.1 Å². The molecule has 10 heteroatoms. The zero-order chi connectivity index (χ0) is 28.3. The number of benzene rings is 1. The predicted octanol–water partition coefficient (Wildman–Crippen LogP) is 3.93. The summed E-state index contributed by atoms with van der Waals surface area (Å²) in [5, 5.41) is 1.33. The first-order valence-electron chi connectivity index (χ1n) is 13.4. The van der Waals surface area contributed by atoms with Gasteiger partial charge in [0.15, 0.2) is 12.4 Å². The number of hydrogen-bond acceptors (Lipinski definition) is 8. The lowest BCUT2D eigenvalue weighted by atomic mass is 9.92. The summed E-state index contributed by atoms with van der Waals surface area (Å²) in [6.07, 6.45) is 3.12. The molecule has 4 rings (SSSR count). The second-order valence-electron chi connectivity index (χ2n) is 11.1. The molecule has 0 bridgehead atoms. The number of esters is 1. The van der Waals surface area contributed by atoms with Crippen LogP contribution < -0.4 is 15.2 Å². The molecule has 0 N–H and O–H groups in total. The summed E-state index contributed by atoms with van der Waals surface area (Å²) in [7, 11) is 5.49. The Morgan fingerprint density at radius 2 is 1.92 bits per heavy atom. The molecule has 1 aliphatic heterocycles. The lowest BCUT2D eigenvalue weighted by Gasteiger charge is -2.35. The number of rotatable bonds is 9. The summed E-state index contributed by atoms with van der Waals surface area (Å²) in [6, 6.07) is 7.52. The molecule has 1 unspecified atom stereocenters. The van der Waals surface area contributed by atoms with Crippen LogP contribution in [0.15, 0.2) is 35.3 Å². The largest absolute Gasteiger partial charge is 0.476 e. The summed E-state index contributed by atoms with van der Waals surface area (Å²) < 4.78 is 12.5. The van der Waals surface area contributed by atoms with Crippen molar-refractivity contribution in [3.05, 3.63) is 57.1 Å². The molecule has 1 fully saturated rings. The van der Waals surface area contributed by atoms with Crippen molar-refractivity contribution in [2.45, 2.75) is 39.7 Å².